The molecule has 3 rings (SSSR count). The van der Waals surface area contributed by atoms with E-state index in [0.717, 1.165) is 37.0 Å². The van der Waals surface area contributed by atoms with Crippen LogP contribution < -0.4 is 4.90 Å². The Kier molecular flexibility index (Phi) is 7.17. The number of carboxylic acids is 1. The van der Waals surface area contributed by atoms with Crippen LogP contribution in [-0.4, -0.2) is 28.4 Å². The van der Waals surface area contributed by atoms with Crippen LogP contribution in [0.4, 0.5) is 11.4 Å². The summed E-state index contributed by atoms with van der Waals surface area (Å²) in [6, 6.07) is 5.44. The van der Waals surface area contributed by atoms with Crippen molar-refractivity contribution in [1.82, 2.24) is 4.98 Å². The highest BCUT2D eigenvalue weighted by atomic mass is 32.1. The predicted octanol–water partition coefficient (Wildman–Crippen LogP) is 5.77. The molecule has 2 aromatic heterocycles. The van der Waals surface area contributed by atoms with Gasteiger partial charge in [-0.15, -0.1) is 11.3 Å². The van der Waals surface area contributed by atoms with Crippen LogP contribution in [0.1, 0.15) is 67.9 Å². The lowest BCUT2D eigenvalue weighted by molar-refractivity contribution is -0.122. The number of hydrogen-bond acceptors (Lipinski definition) is 5. The lowest BCUT2D eigenvalue weighted by Crippen LogP contribution is -2.32. The highest BCUT2D eigenvalue weighted by molar-refractivity contribution is 7.15. The fourth-order valence-corrected chi connectivity index (χ4v) is 4.60. The van der Waals surface area contributed by atoms with Gasteiger partial charge in [0.15, 0.2) is 5.78 Å². The number of carbonyl (C=O) groups excluding carboxylic acids is 1. The van der Waals surface area contributed by atoms with Gasteiger partial charge in [0, 0.05) is 17.5 Å². The van der Waals surface area contributed by atoms with Crippen molar-refractivity contribution in [3.8, 4) is 11.8 Å². The third-order valence-corrected chi connectivity index (χ3v) is 6.53. The van der Waals surface area contributed by atoms with Crippen LogP contribution in [0.5, 0.6) is 0 Å². The van der Waals surface area contributed by atoms with Crippen LogP contribution in [0.25, 0.3) is 0 Å². The highest BCUT2D eigenvalue weighted by Gasteiger charge is 2.28. The van der Waals surface area contributed by atoms with E-state index in [1.165, 1.54) is 0 Å². The van der Waals surface area contributed by atoms with Crippen molar-refractivity contribution in [1.29, 1.82) is 0 Å². The average molecular weight is 439 g/mol. The maximum absolute atomic E-state index is 13.2. The summed E-state index contributed by atoms with van der Waals surface area (Å²) < 4.78 is 0. The monoisotopic (exact) mass is 438 g/mol. The number of nitrogens with zero attached hydrogens (tertiary/aromatic N) is 2. The summed E-state index contributed by atoms with van der Waals surface area (Å²) >= 11 is 1.15. The number of carbonyl (C=O) groups is 2. The van der Waals surface area contributed by atoms with Crippen LogP contribution in [0, 0.1) is 29.1 Å². The predicted molar refractivity (Wildman–Crippen MR) is 125 cm³/mol. The molecular weight excluding hydrogens is 408 g/mol. The summed E-state index contributed by atoms with van der Waals surface area (Å²) in [5, 5.41) is 9.85. The fourth-order valence-electron chi connectivity index (χ4n) is 3.74. The van der Waals surface area contributed by atoms with Crippen molar-refractivity contribution in [3.05, 3.63) is 40.3 Å². The zero-order valence-corrected chi connectivity index (χ0v) is 19.5. The first kappa shape index (κ1) is 23.0. The Labute approximate surface area is 188 Å². The molecule has 164 valence electrons. The van der Waals surface area contributed by atoms with Crippen LogP contribution in [0.3, 0.4) is 0 Å². The molecule has 1 aliphatic carbocycles. The van der Waals surface area contributed by atoms with Crippen molar-refractivity contribution in [2.24, 2.45) is 17.3 Å². The number of rotatable bonds is 6. The van der Waals surface area contributed by atoms with Gasteiger partial charge >= 0.3 is 5.97 Å². The van der Waals surface area contributed by atoms with E-state index in [2.05, 4.69) is 23.7 Å². The second-order valence-corrected chi connectivity index (χ2v) is 10.4. The summed E-state index contributed by atoms with van der Waals surface area (Å²) in [5.41, 5.74) is 1.02. The summed E-state index contributed by atoms with van der Waals surface area (Å²) in [6.45, 7) is 8.40. The smallest absolute Gasteiger partial charge is 0.348 e. The molecule has 0 unspecified atom stereocenters. The van der Waals surface area contributed by atoms with Gasteiger partial charge in [-0.25, -0.2) is 4.79 Å². The van der Waals surface area contributed by atoms with Gasteiger partial charge in [-0.2, -0.15) is 0 Å². The second kappa shape index (κ2) is 9.65. The molecule has 6 heteroatoms. The Morgan fingerprint density at radius 1 is 1.26 bits per heavy atom. The molecule has 0 amide bonds. The summed E-state index contributed by atoms with van der Waals surface area (Å²) in [5.74, 6) is 6.10. The Balaban J connectivity index is 1.97. The molecule has 0 aromatic carbocycles. The molecule has 1 saturated carbocycles. The van der Waals surface area contributed by atoms with Gasteiger partial charge < -0.3 is 10.0 Å². The Morgan fingerprint density at radius 3 is 2.55 bits per heavy atom. The molecule has 2 aromatic rings. The van der Waals surface area contributed by atoms with E-state index in [1.807, 2.05) is 26.8 Å². The van der Waals surface area contributed by atoms with Crippen LogP contribution in [-0.2, 0) is 4.79 Å². The molecule has 0 saturated heterocycles. The third-order valence-electron chi connectivity index (χ3n) is 5.50. The molecule has 0 spiro atoms. The SMILES string of the molecule is CC1CCC(C(=O)CN(c2cccnc2)c2cc(C#CC(C)(C)C)sc2C(=O)O)CC1. The standard InChI is InChI=1S/C25H30N2O3S/c1-17-7-9-18(10-8-17)22(28)16-27(19-6-5-13-26-15-19)21-14-20(11-12-25(2,3)4)31-23(21)24(29)30/h5-6,13-15,17-18H,7-10,16H2,1-4H3,(H,29,30). The number of thiophene rings is 1. The minimum Gasteiger partial charge on any atom is -0.477 e. The van der Waals surface area contributed by atoms with E-state index in [0.29, 0.717) is 22.2 Å². The number of hydrogen-bond donors (Lipinski definition) is 1. The zero-order valence-electron chi connectivity index (χ0n) is 18.6. The van der Waals surface area contributed by atoms with Crippen molar-refractivity contribution < 1.29 is 14.7 Å². The molecule has 5 nitrogen and oxygen atoms in total. The topological polar surface area (TPSA) is 70.5 Å². The maximum atomic E-state index is 13.2. The zero-order chi connectivity index (χ0) is 22.6. The average Bonchev–Trinajstić information content (AvgIpc) is 3.15. The highest BCUT2D eigenvalue weighted by Crippen LogP contribution is 2.36. The van der Waals surface area contributed by atoms with Gasteiger partial charge in [-0.05, 0) is 57.7 Å². The molecule has 0 aliphatic heterocycles. The lowest BCUT2D eigenvalue weighted by atomic mass is 9.81. The number of ketones is 1. The van der Waals surface area contributed by atoms with Crippen molar-refractivity contribution in [3.63, 3.8) is 0 Å². The van der Waals surface area contributed by atoms with Crippen LogP contribution in [0.15, 0.2) is 30.6 Å². The Morgan fingerprint density at radius 2 is 1.97 bits per heavy atom. The quantitative estimate of drug-likeness (QED) is 0.580. The molecule has 1 N–H and O–H groups in total. The summed E-state index contributed by atoms with van der Waals surface area (Å²) in [6.07, 6.45) is 7.26. The van der Waals surface area contributed by atoms with Gasteiger partial charge in [-0.3, -0.25) is 9.78 Å². The van der Waals surface area contributed by atoms with Gasteiger partial charge in [-0.1, -0.05) is 31.6 Å². The first-order valence-electron chi connectivity index (χ1n) is 10.7. The van der Waals surface area contributed by atoms with Gasteiger partial charge in [0.1, 0.15) is 4.88 Å². The first-order chi connectivity index (χ1) is 14.6. The number of aromatic nitrogens is 1. The van der Waals surface area contributed by atoms with Crippen LogP contribution in [0.2, 0.25) is 0 Å². The molecule has 1 aliphatic rings. The van der Waals surface area contributed by atoms with E-state index in [1.54, 1.807) is 29.4 Å². The summed E-state index contributed by atoms with van der Waals surface area (Å²) in [7, 11) is 0. The van der Waals surface area contributed by atoms with Crippen molar-refractivity contribution in [2.75, 3.05) is 11.4 Å². The molecule has 2 heterocycles. The Hall–Kier alpha value is -2.65. The first-order valence-corrected chi connectivity index (χ1v) is 11.6. The molecule has 1 fully saturated rings. The molecule has 0 radical (unpaired) electrons. The number of Topliss-reactive ketones (excluding diaryl/α,β-unsaturated/α-hetero) is 1. The van der Waals surface area contributed by atoms with Gasteiger partial charge in [0.25, 0.3) is 0 Å². The van der Waals surface area contributed by atoms with Crippen molar-refractivity contribution >= 4 is 34.5 Å². The number of anilines is 2. The van der Waals surface area contributed by atoms with Gasteiger partial charge in [0.2, 0.25) is 0 Å². The van der Waals surface area contributed by atoms with Gasteiger partial charge in [0.05, 0.1) is 29.0 Å². The van der Waals surface area contributed by atoms with E-state index in [-0.39, 0.29) is 28.5 Å². The van der Waals surface area contributed by atoms with E-state index < -0.39 is 5.97 Å². The lowest BCUT2D eigenvalue weighted by Gasteiger charge is -2.29. The molecule has 0 atom stereocenters. The summed E-state index contributed by atoms with van der Waals surface area (Å²) in [4.78, 5) is 32.0. The number of aromatic carboxylic acids is 1. The van der Waals surface area contributed by atoms with Crippen LogP contribution >= 0.6 is 11.3 Å². The largest absolute Gasteiger partial charge is 0.477 e. The molecule has 0 bridgehead atoms. The minimum absolute atomic E-state index is 0.0300. The second-order valence-electron chi connectivity index (χ2n) is 9.35. The normalized spacial score (nSPS) is 18.7. The van der Waals surface area contributed by atoms with Crippen molar-refractivity contribution in [2.45, 2.75) is 53.4 Å². The Bertz CT molecular complexity index is 987. The van der Waals surface area contributed by atoms with E-state index >= 15 is 0 Å². The third kappa shape index (κ3) is 6.18. The number of pyridine rings is 1. The fraction of sp³-hybridized carbons (Fsp3) is 0.480. The minimum atomic E-state index is -1.02. The van der Waals surface area contributed by atoms with E-state index in [9.17, 15) is 14.7 Å². The number of carboxylic acid groups (broad SMARTS) is 1. The molecular formula is C25H30N2O3S. The maximum Gasteiger partial charge on any atom is 0.348 e. The molecule has 31 heavy (non-hydrogen) atoms. The van der Waals surface area contributed by atoms with E-state index in [4.69, 9.17) is 0 Å².